The molecule has 1 aromatic carbocycles. The van der Waals surface area contributed by atoms with Gasteiger partial charge in [0.25, 0.3) is 0 Å². The highest BCUT2D eigenvalue weighted by Crippen LogP contribution is 2.11. The van der Waals surface area contributed by atoms with Gasteiger partial charge in [0.05, 0.1) is 24.8 Å². The first-order chi connectivity index (χ1) is 11.1. The minimum atomic E-state index is 0.0770. The number of rotatable bonds is 3. The standard InChI is InChI=1S/C11H9BrN2O.C4H3BrN2O/c12-11-13-6-10(7-14-11)15-8-9-4-2-1-3-5-9;5-4-6-1-3(8)2-7-4/h1-7H,8H2;1-2,8H. The molecule has 0 spiro atoms. The van der Waals surface area contributed by atoms with Crippen LogP contribution in [0, 0.1) is 0 Å². The zero-order valence-electron chi connectivity index (χ0n) is 11.8. The van der Waals surface area contributed by atoms with E-state index in [-0.39, 0.29) is 5.75 Å². The summed E-state index contributed by atoms with van der Waals surface area (Å²) in [6.45, 7) is 0.534. The summed E-state index contributed by atoms with van der Waals surface area (Å²) < 4.78 is 6.55. The van der Waals surface area contributed by atoms with Crippen LogP contribution in [0.2, 0.25) is 0 Å². The lowest BCUT2D eigenvalue weighted by Gasteiger charge is -2.04. The third kappa shape index (κ3) is 6.70. The first kappa shape index (κ1) is 17.3. The van der Waals surface area contributed by atoms with Gasteiger partial charge >= 0.3 is 0 Å². The molecule has 8 heteroatoms. The van der Waals surface area contributed by atoms with Gasteiger partial charge in [0.15, 0.2) is 21.0 Å². The molecule has 23 heavy (non-hydrogen) atoms. The Morgan fingerprint density at radius 2 is 1.35 bits per heavy atom. The normalized spacial score (nSPS) is 9.65. The van der Waals surface area contributed by atoms with E-state index in [0.717, 1.165) is 5.56 Å². The topological polar surface area (TPSA) is 81.0 Å². The average molecular weight is 440 g/mol. The third-order valence-corrected chi connectivity index (χ3v) is 3.27. The van der Waals surface area contributed by atoms with E-state index in [1.54, 1.807) is 12.4 Å². The Bertz CT molecular complexity index is 689. The summed E-state index contributed by atoms with van der Waals surface area (Å²) in [5.41, 5.74) is 1.13. The predicted octanol–water partition coefficient (Wildman–Crippen LogP) is 3.76. The van der Waals surface area contributed by atoms with E-state index in [1.807, 2.05) is 30.3 Å². The zero-order chi connectivity index (χ0) is 16.5. The second kappa shape index (κ2) is 9.16. The highest BCUT2D eigenvalue weighted by atomic mass is 79.9. The molecule has 0 atom stereocenters. The average Bonchev–Trinajstić information content (AvgIpc) is 2.59. The first-order valence-corrected chi connectivity index (χ1v) is 8.03. The van der Waals surface area contributed by atoms with Gasteiger partial charge in [-0.05, 0) is 37.4 Å². The van der Waals surface area contributed by atoms with E-state index in [2.05, 4.69) is 51.8 Å². The minimum Gasteiger partial charge on any atom is -0.505 e. The Balaban J connectivity index is 0.000000203. The lowest BCUT2D eigenvalue weighted by atomic mass is 10.2. The minimum absolute atomic E-state index is 0.0770. The van der Waals surface area contributed by atoms with Gasteiger partial charge in [-0.15, -0.1) is 0 Å². The third-order valence-electron chi connectivity index (χ3n) is 2.45. The Hall–Kier alpha value is -2.06. The number of hydrogen-bond donors (Lipinski definition) is 1. The van der Waals surface area contributed by atoms with E-state index in [4.69, 9.17) is 9.84 Å². The second-order valence-electron chi connectivity index (χ2n) is 4.17. The van der Waals surface area contributed by atoms with Gasteiger partial charge < -0.3 is 9.84 Å². The fraction of sp³-hybridized carbons (Fsp3) is 0.0667. The summed E-state index contributed by atoms with van der Waals surface area (Å²) >= 11 is 6.18. The highest BCUT2D eigenvalue weighted by molar-refractivity contribution is 9.10. The summed E-state index contributed by atoms with van der Waals surface area (Å²) in [4.78, 5) is 15.2. The van der Waals surface area contributed by atoms with Crippen molar-refractivity contribution in [3.05, 3.63) is 70.2 Å². The Morgan fingerprint density at radius 1 is 0.826 bits per heavy atom. The molecule has 0 saturated heterocycles. The fourth-order valence-electron chi connectivity index (χ4n) is 1.42. The SMILES string of the molecule is Brc1ncc(OCc2ccccc2)cn1.Oc1cnc(Br)nc1. The van der Waals surface area contributed by atoms with Crippen molar-refractivity contribution in [2.45, 2.75) is 6.61 Å². The number of halogens is 2. The quantitative estimate of drug-likeness (QED) is 0.625. The van der Waals surface area contributed by atoms with Gasteiger partial charge in [0.1, 0.15) is 6.61 Å². The molecule has 0 amide bonds. The van der Waals surface area contributed by atoms with Gasteiger partial charge in [-0.1, -0.05) is 30.3 Å². The second-order valence-corrected chi connectivity index (χ2v) is 5.59. The van der Waals surface area contributed by atoms with Crippen LogP contribution in [-0.2, 0) is 6.61 Å². The van der Waals surface area contributed by atoms with Crippen molar-refractivity contribution in [3.8, 4) is 11.5 Å². The first-order valence-electron chi connectivity index (χ1n) is 6.44. The van der Waals surface area contributed by atoms with Gasteiger partial charge in [-0.3, -0.25) is 0 Å². The monoisotopic (exact) mass is 438 g/mol. The molecule has 6 nitrogen and oxygen atoms in total. The van der Waals surface area contributed by atoms with Crippen LogP contribution >= 0.6 is 31.9 Å². The molecule has 3 aromatic rings. The zero-order valence-corrected chi connectivity index (χ0v) is 15.0. The maximum Gasteiger partial charge on any atom is 0.196 e. The molecule has 2 heterocycles. The van der Waals surface area contributed by atoms with Crippen LogP contribution < -0.4 is 4.74 Å². The molecule has 0 aliphatic heterocycles. The number of benzene rings is 1. The molecule has 2 aromatic heterocycles. The molecule has 0 fully saturated rings. The number of hydrogen-bond acceptors (Lipinski definition) is 6. The Labute approximate surface area is 149 Å². The molecule has 0 unspecified atom stereocenters. The van der Waals surface area contributed by atoms with E-state index in [1.165, 1.54) is 12.4 Å². The van der Waals surface area contributed by atoms with Gasteiger partial charge in [0, 0.05) is 0 Å². The maximum absolute atomic E-state index is 8.61. The Kier molecular flexibility index (Phi) is 6.89. The van der Waals surface area contributed by atoms with Crippen molar-refractivity contribution in [3.63, 3.8) is 0 Å². The van der Waals surface area contributed by atoms with Crippen LogP contribution in [0.4, 0.5) is 0 Å². The smallest absolute Gasteiger partial charge is 0.196 e. The summed E-state index contributed by atoms with van der Waals surface area (Å²) in [7, 11) is 0. The largest absolute Gasteiger partial charge is 0.505 e. The van der Waals surface area contributed by atoms with Crippen molar-refractivity contribution in [1.82, 2.24) is 19.9 Å². The molecule has 0 bridgehead atoms. The van der Waals surface area contributed by atoms with Crippen LogP contribution in [0.5, 0.6) is 11.5 Å². The summed E-state index contributed by atoms with van der Waals surface area (Å²) in [6, 6.07) is 9.97. The summed E-state index contributed by atoms with van der Waals surface area (Å²) in [6.07, 6.45) is 5.91. The molecule has 0 aliphatic rings. The van der Waals surface area contributed by atoms with Crippen LogP contribution in [0.15, 0.2) is 64.6 Å². The molecular weight excluding hydrogens is 428 g/mol. The Morgan fingerprint density at radius 3 is 1.87 bits per heavy atom. The molecule has 1 N–H and O–H groups in total. The number of nitrogens with zero attached hydrogens (tertiary/aromatic N) is 4. The molecule has 3 rings (SSSR count). The molecular formula is C15H12Br2N4O2. The summed E-state index contributed by atoms with van der Waals surface area (Å²) in [5.74, 6) is 0.746. The van der Waals surface area contributed by atoms with Crippen LogP contribution in [-0.4, -0.2) is 25.0 Å². The predicted molar refractivity (Wildman–Crippen MR) is 91.9 cm³/mol. The van der Waals surface area contributed by atoms with Crippen LogP contribution in [0.1, 0.15) is 5.56 Å². The van der Waals surface area contributed by atoms with E-state index in [0.29, 0.717) is 21.8 Å². The van der Waals surface area contributed by atoms with Crippen LogP contribution in [0.25, 0.3) is 0 Å². The summed E-state index contributed by atoms with van der Waals surface area (Å²) in [5, 5.41) is 8.61. The van der Waals surface area contributed by atoms with Gasteiger partial charge in [-0.2, -0.15) is 0 Å². The van der Waals surface area contributed by atoms with Crippen molar-refractivity contribution in [1.29, 1.82) is 0 Å². The van der Waals surface area contributed by atoms with E-state index < -0.39 is 0 Å². The number of aromatic hydroxyl groups is 1. The lowest BCUT2D eigenvalue weighted by Crippen LogP contribution is -1.96. The van der Waals surface area contributed by atoms with Crippen molar-refractivity contribution < 1.29 is 9.84 Å². The molecule has 0 aliphatic carbocycles. The highest BCUT2D eigenvalue weighted by Gasteiger charge is 1.96. The number of aromatic nitrogens is 4. The van der Waals surface area contributed by atoms with Crippen molar-refractivity contribution in [2.75, 3.05) is 0 Å². The maximum atomic E-state index is 8.61. The number of ether oxygens (including phenoxy) is 1. The van der Waals surface area contributed by atoms with Crippen molar-refractivity contribution >= 4 is 31.9 Å². The van der Waals surface area contributed by atoms with Crippen molar-refractivity contribution in [2.24, 2.45) is 0 Å². The molecule has 0 saturated carbocycles. The van der Waals surface area contributed by atoms with Gasteiger partial charge in [-0.25, -0.2) is 19.9 Å². The van der Waals surface area contributed by atoms with Crippen LogP contribution in [0.3, 0.4) is 0 Å². The fourth-order valence-corrected chi connectivity index (χ4v) is 1.83. The molecule has 0 radical (unpaired) electrons. The lowest BCUT2D eigenvalue weighted by molar-refractivity contribution is 0.303. The van der Waals surface area contributed by atoms with Gasteiger partial charge in [0.2, 0.25) is 0 Å². The van der Waals surface area contributed by atoms with E-state index in [9.17, 15) is 0 Å². The molecule has 118 valence electrons. The van der Waals surface area contributed by atoms with E-state index >= 15 is 0 Å².